The molecule has 1 aromatic carbocycles. The molecular formula is C17H19N3O2. The van der Waals surface area contributed by atoms with Crippen molar-refractivity contribution in [3.05, 3.63) is 42.6 Å². The Hall–Kier alpha value is -2.14. The number of nitrogens with one attached hydrogen (secondary N) is 1. The maximum absolute atomic E-state index is 5.86. The molecule has 0 aliphatic carbocycles. The van der Waals surface area contributed by atoms with Gasteiger partial charge in [-0.25, -0.2) is 4.98 Å². The van der Waals surface area contributed by atoms with E-state index in [1.807, 2.05) is 30.3 Å². The Morgan fingerprint density at radius 1 is 1.05 bits per heavy atom. The number of benzene rings is 1. The molecule has 2 saturated heterocycles. The number of para-hydroxylation sites is 1. The van der Waals surface area contributed by atoms with Gasteiger partial charge in [0, 0.05) is 18.3 Å². The normalized spacial score (nSPS) is 26.6. The highest BCUT2D eigenvalue weighted by Gasteiger charge is 2.35. The van der Waals surface area contributed by atoms with E-state index in [2.05, 4.69) is 15.3 Å². The van der Waals surface area contributed by atoms with E-state index < -0.39 is 0 Å². The average molecular weight is 297 g/mol. The molecule has 2 fully saturated rings. The Morgan fingerprint density at radius 2 is 1.82 bits per heavy atom. The summed E-state index contributed by atoms with van der Waals surface area (Å²) in [5.74, 6) is 1.95. The number of ether oxygens (including phenoxy) is 2. The molecule has 0 amide bonds. The quantitative estimate of drug-likeness (QED) is 0.937. The summed E-state index contributed by atoms with van der Waals surface area (Å²) in [6.45, 7) is 0. The van der Waals surface area contributed by atoms with Crippen molar-refractivity contribution < 1.29 is 9.47 Å². The Labute approximate surface area is 129 Å². The van der Waals surface area contributed by atoms with E-state index in [4.69, 9.17) is 9.47 Å². The minimum atomic E-state index is 0.387. The second-order valence-corrected chi connectivity index (χ2v) is 5.90. The summed E-state index contributed by atoms with van der Waals surface area (Å²) in [7, 11) is 0. The Bertz CT molecular complexity index is 623. The van der Waals surface area contributed by atoms with Gasteiger partial charge in [-0.05, 0) is 37.8 Å². The minimum absolute atomic E-state index is 0.387. The lowest BCUT2D eigenvalue weighted by Crippen LogP contribution is -2.34. The average Bonchev–Trinajstić information content (AvgIpc) is 2.87. The SMILES string of the molecule is c1ccc(Oc2ccnc(NC3CC4CCC(C3)O4)n2)cc1. The van der Waals surface area contributed by atoms with Gasteiger partial charge in [-0.3, -0.25) is 0 Å². The van der Waals surface area contributed by atoms with Gasteiger partial charge >= 0.3 is 0 Å². The Balaban J connectivity index is 1.43. The number of rotatable bonds is 4. The van der Waals surface area contributed by atoms with Crippen LogP contribution in [0.3, 0.4) is 0 Å². The summed E-state index contributed by atoms with van der Waals surface area (Å²) >= 11 is 0. The molecule has 2 bridgehead atoms. The molecule has 5 heteroatoms. The van der Waals surface area contributed by atoms with Crippen LogP contribution >= 0.6 is 0 Å². The maximum Gasteiger partial charge on any atom is 0.226 e. The fourth-order valence-electron chi connectivity index (χ4n) is 3.24. The molecule has 0 spiro atoms. The van der Waals surface area contributed by atoms with Gasteiger partial charge in [-0.1, -0.05) is 18.2 Å². The number of hydrogen-bond acceptors (Lipinski definition) is 5. The predicted octanol–water partition coefficient (Wildman–Crippen LogP) is 3.39. The molecule has 0 saturated carbocycles. The van der Waals surface area contributed by atoms with Crippen molar-refractivity contribution in [3.63, 3.8) is 0 Å². The molecule has 3 heterocycles. The molecule has 0 radical (unpaired) electrons. The third-order valence-electron chi connectivity index (χ3n) is 4.22. The summed E-state index contributed by atoms with van der Waals surface area (Å²) in [4.78, 5) is 8.75. The van der Waals surface area contributed by atoms with Crippen LogP contribution < -0.4 is 10.1 Å². The van der Waals surface area contributed by atoms with Crippen molar-refractivity contribution in [3.8, 4) is 11.6 Å². The number of aromatic nitrogens is 2. The van der Waals surface area contributed by atoms with Crippen molar-refractivity contribution in [2.24, 2.45) is 0 Å². The summed E-state index contributed by atoms with van der Waals surface area (Å²) in [5, 5.41) is 3.43. The first kappa shape index (κ1) is 13.5. The highest BCUT2D eigenvalue weighted by atomic mass is 16.5. The molecule has 2 aliphatic rings. The minimum Gasteiger partial charge on any atom is -0.439 e. The molecule has 22 heavy (non-hydrogen) atoms. The summed E-state index contributed by atoms with van der Waals surface area (Å²) in [6.07, 6.45) is 6.95. The van der Waals surface area contributed by atoms with Crippen molar-refractivity contribution in [1.29, 1.82) is 0 Å². The van der Waals surface area contributed by atoms with Crippen LogP contribution in [0.2, 0.25) is 0 Å². The molecule has 114 valence electrons. The summed E-state index contributed by atoms with van der Waals surface area (Å²) in [5.41, 5.74) is 0. The fourth-order valence-corrected chi connectivity index (χ4v) is 3.24. The van der Waals surface area contributed by atoms with E-state index in [-0.39, 0.29) is 0 Å². The lowest BCUT2D eigenvalue weighted by Gasteiger charge is -2.28. The van der Waals surface area contributed by atoms with Crippen molar-refractivity contribution in [2.45, 2.75) is 43.9 Å². The van der Waals surface area contributed by atoms with Crippen LogP contribution in [0, 0.1) is 0 Å². The van der Waals surface area contributed by atoms with Crippen LogP contribution in [0.4, 0.5) is 5.95 Å². The first-order chi connectivity index (χ1) is 10.8. The largest absolute Gasteiger partial charge is 0.439 e. The molecule has 2 aromatic rings. The third kappa shape index (κ3) is 3.04. The van der Waals surface area contributed by atoms with Crippen LogP contribution in [0.15, 0.2) is 42.6 Å². The lowest BCUT2D eigenvalue weighted by atomic mass is 10.0. The highest BCUT2D eigenvalue weighted by Crippen LogP contribution is 2.33. The number of hydrogen-bond donors (Lipinski definition) is 1. The maximum atomic E-state index is 5.86. The van der Waals surface area contributed by atoms with Crippen LogP contribution in [0.25, 0.3) is 0 Å². The number of fused-ring (bicyclic) bond motifs is 2. The van der Waals surface area contributed by atoms with E-state index in [1.165, 1.54) is 12.8 Å². The monoisotopic (exact) mass is 297 g/mol. The molecule has 1 N–H and O–H groups in total. The zero-order valence-electron chi connectivity index (χ0n) is 12.3. The predicted molar refractivity (Wildman–Crippen MR) is 83.1 cm³/mol. The molecule has 5 nitrogen and oxygen atoms in total. The first-order valence-electron chi connectivity index (χ1n) is 7.83. The topological polar surface area (TPSA) is 56.3 Å². The van der Waals surface area contributed by atoms with Crippen molar-refractivity contribution in [2.75, 3.05) is 5.32 Å². The molecule has 1 aromatic heterocycles. The van der Waals surface area contributed by atoms with Crippen LogP contribution in [0.5, 0.6) is 11.6 Å². The van der Waals surface area contributed by atoms with Gasteiger partial charge < -0.3 is 14.8 Å². The van der Waals surface area contributed by atoms with Gasteiger partial charge in [0.2, 0.25) is 11.8 Å². The van der Waals surface area contributed by atoms with E-state index >= 15 is 0 Å². The second kappa shape index (κ2) is 5.93. The molecule has 2 aliphatic heterocycles. The smallest absolute Gasteiger partial charge is 0.226 e. The van der Waals surface area contributed by atoms with Gasteiger partial charge in [-0.2, -0.15) is 4.98 Å². The molecule has 2 atom stereocenters. The van der Waals surface area contributed by atoms with Crippen LogP contribution in [-0.4, -0.2) is 28.2 Å². The Morgan fingerprint density at radius 3 is 2.59 bits per heavy atom. The first-order valence-corrected chi connectivity index (χ1v) is 7.83. The van der Waals surface area contributed by atoms with Gasteiger partial charge in [0.15, 0.2) is 0 Å². The van der Waals surface area contributed by atoms with Gasteiger partial charge in [0.1, 0.15) is 5.75 Å². The summed E-state index contributed by atoms with van der Waals surface area (Å²) in [6, 6.07) is 11.8. The van der Waals surface area contributed by atoms with Crippen LogP contribution in [0.1, 0.15) is 25.7 Å². The molecule has 4 rings (SSSR count). The van der Waals surface area contributed by atoms with E-state index in [1.54, 1.807) is 12.3 Å². The Kier molecular flexibility index (Phi) is 3.64. The van der Waals surface area contributed by atoms with E-state index in [0.717, 1.165) is 18.6 Å². The summed E-state index contributed by atoms with van der Waals surface area (Å²) < 4.78 is 11.6. The second-order valence-electron chi connectivity index (χ2n) is 5.90. The van der Waals surface area contributed by atoms with Crippen molar-refractivity contribution in [1.82, 2.24) is 9.97 Å². The lowest BCUT2D eigenvalue weighted by molar-refractivity contribution is 0.000600. The third-order valence-corrected chi connectivity index (χ3v) is 4.22. The van der Waals surface area contributed by atoms with E-state index in [9.17, 15) is 0 Å². The molecular weight excluding hydrogens is 278 g/mol. The highest BCUT2D eigenvalue weighted by molar-refractivity contribution is 5.32. The van der Waals surface area contributed by atoms with Gasteiger partial charge in [-0.15, -0.1) is 0 Å². The zero-order valence-corrected chi connectivity index (χ0v) is 12.3. The van der Waals surface area contributed by atoms with E-state index in [0.29, 0.717) is 30.1 Å². The van der Waals surface area contributed by atoms with Gasteiger partial charge in [0.05, 0.1) is 12.2 Å². The van der Waals surface area contributed by atoms with Gasteiger partial charge in [0.25, 0.3) is 0 Å². The number of anilines is 1. The number of nitrogens with zero attached hydrogens (tertiary/aromatic N) is 2. The standard InChI is InChI=1S/C17H19N3O2/c1-2-4-13(5-3-1)22-16-8-9-18-17(20-16)19-12-10-14-6-7-15(11-12)21-14/h1-5,8-9,12,14-15H,6-7,10-11H2,(H,18,19,20). The van der Waals surface area contributed by atoms with Crippen LogP contribution in [-0.2, 0) is 4.74 Å². The molecule has 2 unspecified atom stereocenters. The van der Waals surface area contributed by atoms with Crippen molar-refractivity contribution >= 4 is 5.95 Å². The zero-order chi connectivity index (χ0) is 14.8. The fraction of sp³-hybridized carbons (Fsp3) is 0.412.